The van der Waals surface area contributed by atoms with Crippen molar-refractivity contribution in [2.45, 2.75) is 25.2 Å². The van der Waals surface area contributed by atoms with Crippen LogP contribution in [0, 0.1) is 0 Å². The largest absolute Gasteiger partial charge is 0.489 e. The highest BCUT2D eigenvalue weighted by Gasteiger charge is 2.36. The molecule has 3 rings (SSSR count). The first-order valence-corrected chi connectivity index (χ1v) is 10.5. The minimum absolute atomic E-state index is 0.204. The Morgan fingerprint density at radius 3 is 2.03 bits per heavy atom. The van der Waals surface area contributed by atoms with Crippen molar-refractivity contribution in [3.63, 3.8) is 0 Å². The second kappa shape index (κ2) is 11.7. The number of rotatable bonds is 10. The highest BCUT2D eigenvalue weighted by molar-refractivity contribution is 5.96. The average Bonchev–Trinajstić information content (AvgIpc) is 2.83. The molecule has 0 radical (unpaired) electrons. The van der Waals surface area contributed by atoms with Crippen LogP contribution in [0.15, 0.2) is 97.2 Å². The quantitative estimate of drug-likeness (QED) is 0.409. The number of allylic oxidation sites excluding steroid dienone is 1. The molecule has 0 saturated heterocycles. The third-order valence-electron chi connectivity index (χ3n) is 4.78. The van der Waals surface area contributed by atoms with Crippen molar-refractivity contribution in [2.24, 2.45) is 0 Å². The maximum Gasteiger partial charge on any atom is 0.454 e. The highest BCUT2D eigenvalue weighted by atomic mass is 19.4. The molecule has 1 amide bonds. The molecule has 0 aliphatic rings. The normalized spacial score (nSPS) is 12.2. The van der Waals surface area contributed by atoms with E-state index < -0.39 is 23.9 Å². The van der Waals surface area contributed by atoms with Crippen LogP contribution >= 0.6 is 0 Å². The van der Waals surface area contributed by atoms with Gasteiger partial charge in [-0.25, -0.2) is 0 Å². The van der Waals surface area contributed by atoms with E-state index in [0.717, 1.165) is 17.3 Å². The molecule has 34 heavy (non-hydrogen) atoms. The summed E-state index contributed by atoms with van der Waals surface area (Å²) >= 11 is 0. The first kappa shape index (κ1) is 24.6. The van der Waals surface area contributed by atoms with Crippen molar-refractivity contribution in [1.82, 2.24) is 5.32 Å². The second-order valence-corrected chi connectivity index (χ2v) is 7.39. The van der Waals surface area contributed by atoms with E-state index in [9.17, 15) is 22.8 Å². The fourth-order valence-corrected chi connectivity index (χ4v) is 3.02. The number of halogens is 3. The predicted molar refractivity (Wildman–Crippen MR) is 123 cm³/mol. The summed E-state index contributed by atoms with van der Waals surface area (Å²) in [7, 11) is 0. The second-order valence-electron chi connectivity index (χ2n) is 7.39. The first-order valence-electron chi connectivity index (χ1n) is 10.5. The number of carbonyl (C=O) groups is 2. The molecule has 0 aromatic heterocycles. The van der Waals surface area contributed by atoms with Gasteiger partial charge >= 0.3 is 6.18 Å². The average molecular weight is 468 g/mol. The zero-order valence-corrected chi connectivity index (χ0v) is 18.1. The van der Waals surface area contributed by atoms with Crippen molar-refractivity contribution in [2.75, 3.05) is 5.32 Å². The Morgan fingerprint density at radius 2 is 1.44 bits per heavy atom. The SMILES string of the molecule is O=C(Nc1ccc(OCc2ccccc2)cc1)C(Cc1ccccc1)N/C=C/C(=O)C(F)(F)F. The molecule has 0 fully saturated rings. The van der Waals surface area contributed by atoms with E-state index in [1.54, 1.807) is 48.5 Å². The van der Waals surface area contributed by atoms with E-state index in [-0.39, 0.29) is 6.42 Å². The minimum atomic E-state index is -4.97. The Bertz CT molecular complexity index is 1100. The molecule has 3 aromatic rings. The Kier molecular flexibility index (Phi) is 8.45. The molecular weight excluding hydrogens is 445 g/mol. The summed E-state index contributed by atoms with van der Waals surface area (Å²) in [6.45, 7) is 0.401. The molecular formula is C26H23F3N2O3. The number of ketones is 1. The summed E-state index contributed by atoms with van der Waals surface area (Å²) in [5, 5.41) is 5.34. The van der Waals surface area contributed by atoms with Crippen molar-refractivity contribution in [3.8, 4) is 5.75 Å². The van der Waals surface area contributed by atoms with Crippen LogP contribution in [0.2, 0.25) is 0 Å². The highest BCUT2D eigenvalue weighted by Crippen LogP contribution is 2.18. The lowest BCUT2D eigenvalue weighted by Gasteiger charge is -2.18. The Morgan fingerprint density at radius 1 is 0.853 bits per heavy atom. The van der Waals surface area contributed by atoms with Crippen LogP contribution in [0.1, 0.15) is 11.1 Å². The molecule has 1 unspecified atom stereocenters. The lowest BCUT2D eigenvalue weighted by atomic mass is 10.1. The fraction of sp³-hybridized carbons (Fsp3) is 0.154. The summed E-state index contributed by atoms with van der Waals surface area (Å²) in [5.74, 6) is -1.86. The van der Waals surface area contributed by atoms with Gasteiger partial charge in [-0.05, 0) is 35.4 Å². The molecule has 0 saturated carbocycles. The van der Waals surface area contributed by atoms with Crippen LogP contribution in [0.5, 0.6) is 5.75 Å². The Labute approximate surface area is 195 Å². The molecule has 0 bridgehead atoms. The van der Waals surface area contributed by atoms with Gasteiger partial charge in [0, 0.05) is 24.4 Å². The van der Waals surface area contributed by atoms with Crippen LogP contribution in [0.25, 0.3) is 0 Å². The molecule has 0 aliphatic carbocycles. The molecule has 0 aliphatic heterocycles. The molecule has 2 N–H and O–H groups in total. The van der Waals surface area contributed by atoms with Crippen molar-refractivity contribution in [3.05, 3.63) is 108 Å². The van der Waals surface area contributed by atoms with Gasteiger partial charge in [0.15, 0.2) is 0 Å². The predicted octanol–water partition coefficient (Wildman–Crippen LogP) is 5.05. The number of alkyl halides is 3. The van der Waals surface area contributed by atoms with E-state index >= 15 is 0 Å². The summed E-state index contributed by atoms with van der Waals surface area (Å²) in [6, 6.07) is 24.5. The topological polar surface area (TPSA) is 67.4 Å². The van der Waals surface area contributed by atoms with Gasteiger partial charge in [-0.2, -0.15) is 13.2 Å². The van der Waals surface area contributed by atoms with Crippen molar-refractivity contribution >= 4 is 17.4 Å². The van der Waals surface area contributed by atoms with Crippen LogP contribution in [-0.2, 0) is 22.6 Å². The molecule has 0 spiro atoms. The van der Waals surface area contributed by atoms with Gasteiger partial charge in [0.1, 0.15) is 18.4 Å². The number of hydrogen-bond acceptors (Lipinski definition) is 4. The Balaban J connectivity index is 1.63. The maximum absolute atomic E-state index is 12.8. The number of nitrogens with one attached hydrogen (secondary N) is 2. The third-order valence-corrected chi connectivity index (χ3v) is 4.78. The summed E-state index contributed by atoms with van der Waals surface area (Å²) in [4.78, 5) is 23.9. The molecule has 3 aromatic carbocycles. The van der Waals surface area contributed by atoms with E-state index in [2.05, 4.69) is 10.6 Å². The molecule has 176 valence electrons. The van der Waals surface area contributed by atoms with Crippen molar-refractivity contribution < 1.29 is 27.5 Å². The Hall–Kier alpha value is -4.07. The van der Waals surface area contributed by atoms with Crippen LogP contribution < -0.4 is 15.4 Å². The number of benzene rings is 3. The van der Waals surface area contributed by atoms with Gasteiger partial charge in [0.2, 0.25) is 5.91 Å². The lowest BCUT2D eigenvalue weighted by Crippen LogP contribution is -2.39. The monoisotopic (exact) mass is 468 g/mol. The van der Waals surface area contributed by atoms with E-state index in [1.807, 2.05) is 36.4 Å². The third kappa shape index (κ3) is 7.81. The molecule has 5 nitrogen and oxygen atoms in total. The van der Waals surface area contributed by atoms with Crippen LogP contribution in [-0.4, -0.2) is 23.9 Å². The van der Waals surface area contributed by atoms with Crippen LogP contribution in [0.4, 0.5) is 18.9 Å². The number of anilines is 1. The van der Waals surface area contributed by atoms with Crippen molar-refractivity contribution in [1.29, 1.82) is 0 Å². The van der Waals surface area contributed by atoms with E-state index in [0.29, 0.717) is 24.1 Å². The van der Waals surface area contributed by atoms with Gasteiger partial charge < -0.3 is 15.4 Å². The number of amides is 1. The summed E-state index contributed by atoms with van der Waals surface area (Å²) in [5.41, 5.74) is 2.31. The lowest BCUT2D eigenvalue weighted by molar-refractivity contribution is -0.165. The zero-order chi connectivity index (χ0) is 24.4. The van der Waals surface area contributed by atoms with Gasteiger partial charge in [0.05, 0.1) is 0 Å². The van der Waals surface area contributed by atoms with E-state index in [1.165, 1.54) is 0 Å². The van der Waals surface area contributed by atoms with Gasteiger partial charge in [-0.15, -0.1) is 0 Å². The number of carbonyl (C=O) groups excluding carboxylic acids is 2. The van der Waals surface area contributed by atoms with Crippen LogP contribution in [0.3, 0.4) is 0 Å². The zero-order valence-electron chi connectivity index (χ0n) is 18.1. The standard InChI is InChI=1S/C26H23F3N2O3/c27-26(28,29)24(32)15-16-30-23(17-19-7-3-1-4-8-19)25(33)31-21-11-13-22(14-12-21)34-18-20-9-5-2-6-10-20/h1-16,23,30H,17-18H2,(H,31,33)/b16-15+. The maximum atomic E-state index is 12.8. The number of ether oxygens (including phenoxy) is 1. The summed E-state index contributed by atoms with van der Waals surface area (Å²) in [6.07, 6.45) is -3.55. The molecule has 0 heterocycles. The fourth-order valence-electron chi connectivity index (χ4n) is 3.02. The van der Waals surface area contributed by atoms with E-state index in [4.69, 9.17) is 4.74 Å². The summed E-state index contributed by atoms with van der Waals surface area (Å²) < 4.78 is 43.0. The van der Waals surface area contributed by atoms with Gasteiger partial charge in [-0.1, -0.05) is 60.7 Å². The first-order chi connectivity index (χ1) is 16.3. The molecule has 8 heteroatoms. The minimum Gasteiger partial charge on any atom is -0.489 e. The molecule has 1 atom stereocenters. The number of hydrogen-bond donors (Lipinski definition) is 2. The van der Waals surface area contributed by atoms with Gasteiger partial charge in [0.25, 0.3) is 5.78 Å². The smallest absolute Gasteiger partial charge is 0.454 e. The van der Waals surface area contributed by atoms with Gasteiger partial charge in [-0.3, -0.25) is 9.59 Å².